The van der Waals surface area contributed by atoms with Gasteiger partial charge in [0.2, 0.25) is 0 Å². The zero-order valence-corrected chi connectivity index (χ0v) is 12.7. The first-order valence-electron chi connectivity index (χ1n) is 7.80. The van der Waals surface area contributed by atoms with Crippen molar-refractivity contribution in [2.45, 2.75) is 39.0 Å². The SMILES string of the molecule is CCCCCCNCCN(C)CC1CCN(C)C1. The molecule has 1 N–H and O–H groups in total. The lowest BCUT2D eigenvalue weighted by atomic mass is 10.1. The van der Waals surface area contributed by atoms with Crippen LogP contribution in [0.5, 0.6) is 0 Å². The topological polar surface area (TPSA) is 18.5 Å². The van der Waals surface area contributed by atoms with Crippen LogP contribution in [0.2, 0.25) is 0 Å². The molecular weight excluding hydrogens is 222 g/mol. The van der Waals surface area contributed by atoms with E-state index in [1.54, 1.807) is 0 Å². The second-order valence-corrected chi connectivity index (χ2v) is 5.99. The number of likely N-dealkylation sites (N-methyl/N-ethyl adjacent to an activating group) is 1. The van der Waals surface area contributed by atoms with Crippen LogP contribution in [-0.2, 0) is 0 Å². The fourth-order valence-electron chi connectivity index (χ4n) is 2.78. The molecule has 1 atom stereocenters. The first-order chi connectivity index (χ1) is 8.72. The number of hydrogen-bond acceptors (Lipinski definition) is 3. The fourth-order valence-corrected chi connectivity index (χ4v) is 2.78. The summed E-state index contributed by atoms with van der Waals surface area (Å²) in [6, 6.07) is 0. The Balaban J connectivity index is 1.89. The minimum atomic E-state index is 0.893. The summed E-state index contributed by atoms with van der Waals surface area (Å²) in [5.74, 6) is 0.893. The van der Waals surface area contributed by atoms with Crippen LogP contribution in [0.4, 0.5) is 0 Å². The molecule has 18 heavy (non-hydrogen) atoms. The molecule has 0 amide bonds. The molecule has 1 unspecified atom stereocenters. The van der Waals surface area contributed by atoms with Gasteiger partial charge in [0.05, 0.1) is 0 Å². The van der Waals surface area contributed by atoms with Crippen molar-refractivity contribution in [3.8, 4) is 0 Å². The number of nitrogens with one attached hydrogen (secondary N) is 1. The minimum Gasteiger partial charge on any atom is -0.315 e. The molecule has 1 fully saturated rings. The first kappa shape index (κ1) is 15.9. The Morgan fingerprint density at radius 1 is 1.22 bits per heavy atom. The minimum absolute atomic E-state index is 0.893. The van der Waals surface area contributed by atoms with E-state index in [4.69, 9.17) is 0 Å². The van der Waals surface area contributed by atoms with Gasteiger partial charge in [0.1, 0.15) is 0 Å². The van der Waals surface area contributed by atoms with Crippen molar-refractivity contribution >= 4 is 0 Å². The van der Waals surface area contributed by atoms with E-state index in [1.165, 1.54) is 64.8 Å². The first-order valence-corrected chi connectivity index (χ1v) is 7.80. The fraction of sp³-hybridized carbons (Fsp3) is 1.00. The van der Waals surface area contributed by atoms with E-state index in [0.717, 1.165) is 12.5 Å². The average molecular weight is 255 g/mol. The average Bonchev–Trinajstić information content (AvgIpc) is 2.73. The largest absolute Gasteiger partial charge is 0.315 e. The van der Waals surface area contributed by atoms with Crippen LogP contribution in [0.15, 0.2) is 0 Å². The maximum absolute atomic E-state index is 3.56. The third-order valence-electron chi connectivity index (χ3n) is 3.94. The predicted molar refractivity (Wildman–Crippen MR) is 80.1 cm³/mol. The molecule has 1 saturated heterocycles. The maximum atomic E-state index is 3.56. The number of rotatable bonds is 10. The van der Waals surface area contributed by atoms with Crippen molar-refractivity contribution in [3.05, 3.63) is 0 Å². The van der Waals surface area contributed by atoms with Crippen LogP contribution in [0.25, 0.3) is 0 Å². The number of hydrogen-bond donors (Lipinski definition) is 1. The Bertz CT molecular complexity index is 196. The van der Waals surface area contributed by atoms with Crippen molar-refractivity contribution in [2.75, 3.05) is 53.4 Å². The van der Waals surface area contributed by atoms with E-state index < -0.39 is 0 Å². The summed E-state index contributed by atoms with van der Waals surface area (Å²) in [4.78, 5) is 4.94. The molecule has 0 bridgehead atoms. The van der Waals surface area contributed by atoms with Gasteiger partial charge in [0.25, 0.3) is 0 Å². The number of nitrogens with zero attached hydrogens (tertiary/aromatic N) is 2. The van der Waals surface area contributed by atoms with Crippen LogP contribution in [-0.4, -0.2) is 63.2 Å². The van der Waals surface area contributed by atoms with E-state index in [9.17, 15) is 0 Å². The van der Waals surface area contributed by atoms with Crippen molar-refractivity contribution < 1.29 is 0 Å². The molecule has 0 aliphatic carbocycles. The summed E-state index contributed by atoms with van der Waals surface area (Å²) in [7, 11) is 4.49. The highest BCUT2D eigenvalue weighted by molar-refractivity contribution is 4.75. The predicted octanol–water partition coefficient (Wildman–Crippen LogP) is 2.04. The lowest BCUT2D eigenvalue weighted by Crippen LogP contribution is -2.33. The van der Waals surface area contributed by atoms with E-state index in [0.29, 0.717) is 0 Å². The van der Waals surface area contributed by atoms with Crippen molar-refractivity contribution in [3.63, 3.8) is 0 Å². The summed E-state index contributed by atoms with van der Waals surface area (Å²) < 4.78 is 0. The molecule has 1 heterocycles. The van der Waals surface area contributed by atoms with Gasteiger partial charge in [-0.05, 0) is 45.9 Å². The van der Waals surface area contributed by atoms with Crippen molar-refractivity contribution in [2.24, 2.45) is 5.92 Å². The molecule has 0 aromatic rings. The Labute approximate surface area is 114 Å². The van der Waals surface area contributed by atoms with Crippen LogP contribution >= 0.6 is 0 Å². The van der Waals surface area contributed by atoms with Gasteiger partial charge in [-0.3, -0.25) is 0 Å². The van der Waals surface area contributed by atoms with Crippen molar-refractivity contribution in [1.29, 1.82) is 0 Å². The Morgan fingerprint density at radius 2 is 2.06 bits per heavy atom. The molecule has 0 spiro atoms. The molecule has 3 nitrogen and oxygen atoms in total. The van der Waals surface area contributed by atoms with Gasteiger partial charge >= 0.3 is 0 Å². The van der Waals surface area contributed by atoms with Gasteiger partial charge in [0, 0.05) is 26.2 Å². The monoisotopic (exact) mass is 255 g/mol. The lowest BCUT2D eigenvalue weighted by molar-refractivity contribution is 0.273. The molecule has 108 valence electrons. The molecule has 0 aromatic heterocycles. The van der Waals surface area contributed by atoms with Crippen LogP contribution in [0.3, 0.4) is 0 Å². The third kappa shape index (κ3) is 7.34. The zero-order valence-electron chi connectivity index (χ0n) is 12.7. The van der Waals surface area contributed by atoms with E-state index in [1.807, 2.05) is 0 Å². The Morgan fingerprint density at radius 3 is 2.72 bits per heavy atom. The quantitative estimate of drug-likeness (QED) is 0.603. The van der Waals surface area contributed by atoms with Gasteiger partial charge in [0.15, 0.2) is 0 Å². The smallest absolute Gasteiger partial charge is 0.0104 e. The molecule has 3 heteroatoms. The Hall–Kier alpha value is -0.120. The normalized spacial score (nSPS) is 21.0. The molecule has 1 aliphatic rings. The summed E-state index contributed by atoms with van der Waals surface area (Å²) in [6.07, 6.45) is 6.82. The van der Waals surface area contributed by atoms with E-state index in [-0.39, 0.29) is 0 Å². The summed E-state index contributed by atoms with van der Waals surface area (Å²) >= 11 is 0. The van der Waals surface area contributed by atoms with Gasteiger partial charge in [-0.25, -0.2) is 0 Å². The van der Waals surface area contributed by atoms with Crippen LogP contribution < -0.4 is 5.32 Å². The highest BCUT2D eigenvalue weighted by Crippen LogP contribution is 2.14. The number of unbranched alkanes of at least 4 members (excludes halogenated alkanes) is 3. The van der Waals surface area contributed by atoms with Gasteiger partial charge in [-0.2, -0.15) is 0 Å². The highest BCUT2D eigenvalue weighted by Gasteiger charge is 2.20. The Kier molecular flexibility index (Phi) is 8.64. The van der Waals surface area contributed by atoms with Gasteiger partial charge < -0.3 is 15.1 Å². The van der Waals surface area contributed by atoms with Crippen LogP contribution in [0, 0.1) is 5.92 Å². The standard InChI is InChI=1S/C15H33N3/c1-4-5-6-7-9-16-10-12-18(3)14-15-8-11-17(2)13-15/h15-16H,4-14H2,1-3H3. The highest BCUT2D eigenvalue weighted by atomic mass is 15.2. The summed E-state index contributed by atoms with van der Waals surface area (Å²) in [5.41, 5.74) is 0. The third-order valence-corrected chi connectivity index (χ3v) is 3.94. The molecular formula is C15H33N3. The van der Waals surface area contributed by atoms with Gasteiger partial charge in [-0.1, -0.05) is 26.2 Å². The molecule has 0 radical (unpaired) electrons. The second kappa shape index (κ2) is 9.76. The van der Waals surface area contributed by atoms with E-state index in [2.05, 4.69) is 36.1 Å². The van der Waals surface area contributed by atoms with Crippen LogP contribution in [0.1, 0.15) is 39.0 Å². The maximum Gasteiger partial charge on any atom is 0.0104 e. The summed E-state index contributed by atoms with van der Waals surface area (Å²) in [6.45, 7) is 9.63. The lowest BCUT2D eigenvalue weighted by Gasteiger charge is -2.21. The van der Waals surface area contributed by atoms with Crippen molar-refractivity contribution in [1.82, 2.24) is 15.1 Å². The second-order valence-electron chi connectivity index (χ2n) is 5.99. The molecule has 1 rings (SSSR count). The summed E-state index contributed by atoms with van der Waals surface area (Å²) in [5, 5.41) is 3.56. The van der Waals surface area contributed by atoms with E-state index >= 15 is 0 Å². The molecule has 0 aromatic carbocycles. The zero-order chi connectivity index (χ0) is 13.2. The molecule has 0 saturated carbocycles. The van der Waals surface area contributed by atoms with Gasteiger partial charge in [-0.15, -0.1) is 0 Å². The molecule has 1 aliphatic heterocycles. The number of likely N-dealkylation sites (tertiary alicyclic amines) is 1.